The summed E-state index contributed by atoms with van der Waals surface area (Å²) >= 11 is 3.53. The maximum absolute atomic E-state index is 12.5. The lowest BCUT2D eigenvalue weighted by Gasteiger charge is -2.11. The van der Waals surface area contributed by atoms with Crippen molar-refractivity contribution < 1.29 is 22.7 Å². The highest BCUT2D eigenvalue weighted by atomic mass is 79.9. The average molecular weight is 572 g/mol. The van der Waals surface area contributed by atoms with Crippen LogP contribution in [-0.4, -0.2) is 18.8 Å². The fraction of sp³-hybridized carbons (Fsp3) is 0.536. The number of carbonyl (C=O) groups excluding carboxylic acids is 1. The largest absolute Gasteiger partial charge is 0.573 e. The molecule has 0 aliphatic carbocycles. The van der Waals surface area contributed by atoms with Crippen LogP contribution >= 0.6 is 15.9 Å². The van der Waals surface area contributed by atoms with Crippen molar-refractivity contribution >= 4 is 21.8 Å². The topological polar surface area (TPSA) is 50.4 Å². The average Bonchev–Trinajstić information content (AvgIpc) is 2.83. The summed E-state index contributed by atoms with van der Waals surface area (Å²) in [6.07, 6.45) is 7.95. The molecule has 0 spiro atoms. The Kier molecular flexibility index (Phi) is 13.9. The summed E-state index contributed by atoms with van der Waals surface area (Å²) in [6.45, 7) is 3.95. The Morgan fingerprint density at radius 2 is 1.47 bits per heavy atom. The highest BCUT2D eigenvalue weighted by molar-refractivity contribution is 9.10. The van der Waals surface area contributed by atoms with E-state index in [-0.39, 0.29) is 11.7 Å². The van der Waals surface area contributed by atoms with E-state index in [0.717, 1.165) is 28.4 Å². The molecule has 2 aromatic carbocycles. The molecule has 0 saturated heterocycles. The molecular formula is C28H38BrF3N2O2. The predicted octanol–water partition coefficient (Wildman–Crippen LogP) is 8.29. The number of nitrogens with one attached hydrogen (secondary N) is 2. The Morgan fingerprint density at radius 1 is 0.861 bits per heavy atom. The Morgan fingerprint density at radius 3 is 2.06 bits per heavy atom. The van der Waals surface area contributed by atoms with E-state index >= 15 is 0 Å². The van der Waals surface area contributed by atoms with Crippen LogP contribution in [0.3, 0.4) is 0 Å². The lowest BCUT2D eigenvalue weighted by atomic mass is 10.1. The molecule has 0 aliphatic heterocycles. The van der Waals surface area contributed by atoms with Gasteiger partial charge in [-0.2, -0.15) is 0 Å². The van der Waals surface area contributed by atoms with E-state index in [1.165, 1.54) is 63.5 Å². The summed E-state index contributed by atoms with van der Waals surface area (Å²) in [5.41, 5.74) is 2.43. The van der Waals surface area contributed by atoms with Crippen LogP contribution in [0.15, 0.2) is 46.9 Å². The molecule has 0 aromatic heterocycles. The first kappa shape index (κ1) is 30.2. The van der Waals surface area contributed by atoms with Crippen molar-refractivity contribution in [3.63, 3.8) is 0 Å². The third-order valence-electron chi connectivity index (χ3n) is 5.93. The molecule has 0 bridgehead atoms. The maximum Gasteiger partial charge on any atom is 0.573 e. The van der Waals surface area contributed by atoms with Crippen molar-refractivity contribution in [3.05, 3.63) is 63.6 Å². The molecule has 2 N–H and O–H groups in total. The van der Waals surface area contributed by atoms with Gasteiger partial charge in [-0.15, -0.1) is 13.2 Å². The van der Waals surface area contributed by atoms with Gasteiger partial charge in [0.15, 0.2) is 0 Å². The first-order valence-electron chi connectivity index (χ1n) is 12.9. The minimum absolute atomic E-state index is 0.0766. The molecular weight excluding hydrogens is 533 g/mol. The van der Waals surface area contributed by atoms with Crippen molar-refractivity contribution in [2.24, 2.45) is 0 Å². The monoisotopic (exact) mass is 570 g/mol. The molecule has 1 amide bonds. The number of hydrogen-bond donors (Lipinski definition) is 2. The van der Waals surface area contributed by atoms with Gasteiger partial charge in [-0.25, -0.2) is 0 Å². The molecule has 0 heterocycles. The fourth-order valence-corrected chi connectivity index (χ4v) is 4.42. The lowest BCUT2D eigenvalue weighted by Crippen LogP contribution is -2.24. The van der Waals surface area contributed by atoms with Gasteiger partial charge in [0.05, 0.1) is 0 Å². The van der Waals surface area contributed by atoms with Crippen LogP contribution in [0.4, 0.5) is 13.2 Å². The number of carbonyl (C=O) groups is 1. The van der Waals surface area contributed by atoms with Crippen LogP contribution in [0, 0.1) is 0 Å². The molecule has 0 fully saturated rings. The van der Waals surface area contributed by atoms with Gasteiger partial charge in [-0.1, -0.05) is 98.8 Å². The molecule has 0 aliphatic rings. The summed E-state index contributed by atoms with van der Waals surface area (Å²) in [5.74, 6) is -0.316. The number of amides is 1. The lowest BCUT2D eigenvalue weighted by molar-refractivity contribution is -0.274. The van der Waals surface area contributed by atoms with Crippen LogP contribution in [0.25, 0.3) is 0 Å². The zero-order valence-electron chi connectivity index (χ0n) is 21.1. The summed E-state index contributed by atoms with van der Waals surface area (Å²) in [4.78, 5) is 12.5. The zero-order valence-corrected chi connectivity index (χ0v) is 22.6. The van der Waals surface area contributed by atoms with Crippen LogP contribution in [0.5, 0.6) is 5.75 Å². The normalized spacial score (nSPS) is 11.5. The van der Waals surface area contributed by atoms with E-state index in [1.54, 1.807) is 18.2 Å². The molecule has 0 atom stereocenters. The van der Waals surface area contributed by atoms with Crippen LogP contribution in [0.2, 0.25) is 0 Å². The third-order valence-corrected chi connectivity index (χ3v) is 6.67. The van der Waals surface area contributed by atoms with Gasteiger partial charge < -0.3 is 15.4 Å². The van der Waals surface area contributed by atoms with Crippen LogP contribution in [-0.2, 0) is 13.1 Å². The molecule has 4 nitrogen and oxygen atoms in total. The van der Waals surface area contributed by atoms with E-state index < -0.39 is 6.36 Å². The molecule has 2 aromatic rings. The summed E-state index contributed by atoms with van der Waals surface area (Å²) in [6, 6.07) is 11.3. The second kappa shape index (κ2) is 16.6. The molecule has 200 valence electrons. The highest BCUT2D eigenvalue weighted by Gasteiger charge is 2.30. The van der Waals surface area contributed by atoms with Gasteiger partial charge in [0.1, 0.15) is 5.75 Å². The van der Waals surface area contributed by atoms with Gasteiger partial charge >= 0.3 is 6.36 Å². The van der Waals surface area contributed by atoms with Crippen molar-refractivity contribution in [3.8, 4) is 5.75 Å². The van der Waals surface area contributed by atoms with Crippen molar-refractivity contribution in [2.75, 3.05) is 6.54 Å². The number of hydrogen-bond acceptors (Lipinski definition) is 3. The van der Waals surface area contributed by atoms with E-state index in [2.05, 4.69) is 38.2 Å². The maximum atomic E-state index is 12.5. The van der Waals surface area contributed by atoms with Gasteiger partial charge in [0.2, 0.25) is 0 Å². The smallest absolute Gasteiger partial charge is 0.406 e. The Bertz CT molecular complexity index is 905. The van der Waals surface area contributed by atoms with Crippen molar-refractivity contribution in [1.29, 1.82) is 0 Å². The number of unbranched alkanes of at least 4 members (excludes halogenated alkanes) is 9. The molecule has 0 saturated carbocycles. The van der Waals surface area contributed by atoms with E-state index in [1.807, 2.05) is 12.1 Å². The fourth-order valence-electron chi connectivity index (χ4n) is 3.90. The summed E-state index contributed by atoms with van der Waals surface area (Å²) in [7, 11) is 0. The zero-order chi connectivity index (χ0) is 26.2. The second-order valence-corrected chi connectivity index (χ2v) is 9.89. The third kappa shape index (κ3) is 12.8. The van der Waals surface area contributed by atoms with Gasteiger partial charge in [-0.05, 0) is 41.8 Å². The van der Waals surface area contributed by atoms with Gasteiger partial charge in [-0.3, -0.25) is 4.79 Å². The van der Waals surface area contributed by atoms with E-state index in [9.17, 15) is 18.0 Å². The first-order valence-corrected chi connectivity index (χ1v) is 13.7. The number of alkyl halides is 3. The van der Waals surface area contributed by atoms with Crippen LogP contribution in [0.1, 0.15) is 92.6 Å². The van der Waals surface area contributed by atoms with E-state index in [0.29, 0.717) is 25.2 Å². The Balaban J connectivity index is 1.63. The molecule has 2 rings (SSSR count). The number of rotatable bonds is 17. The van der Waals surface area contributed by atoms with E-state index in [4.69, 9.17) is 0 Å². The Hall–Kier alpha value is -2.06. The van der Waals surface area contributed by atoms with Gasteiger partial charge in [0.25, 0.3) is 5.91 Å². The second-order valence-electron chi connectivity index (χ2n) is 9.04. The minimum Gasteiger partial charge on any atom is -0.406 e. The molecule has 36 heavy (non-hydrogen) atoms. The highest BCUT2D eigenvalue weighted by Crippen LogP contribution is 2.23. The standard InChI is InChI=1S/C28H38BrF3N2O2/c1-2-3-4-5-6-7-8-9-10-11-18-34-27(35)23-14-15-24(26(29)19-23)21-33-20-22-12-16-25(17-13-22)36-28(30,31)32/h12-17,19,33H,2-11,18,20-21H2,1H3,(H,34,35). The Labute approximate surface area is 221 Å². The van der Waals surface area contributed by atoms with Crippen molar-refractivity contribution in [1.82, 2.24) is 10.6 Å². The number of ether oxygens (including phenoxy) is 1. The molecule has 8 heteroatoms. The quantitative estimate of drug-likeness (QED) is 0.188. The van der Waals surface area contributed by atoms with Gasteiger partial charge in [0, 0.05) is 29.7 Å². The minimum atomic E-state index is -4.69. The van der Waals surface area contributed by atoms with Crippen LogP contribution < -0.4 is 15.4 Å². The molecule has 0 radical (unpaired) electrons. The van der Waals surface area contributed by atoms with Crippen molar-refractivity contribution in [2.45, 2.75) is 90.6 Å². The SMILES string of the molecule is CCCCCCCCCCCCNC(=O)c1ccc(CNCc2ccc(OC(F)(F)F)cc2)c(Br)c1. The molecule has 0 unspecified atom stereocenters. The summed E-state index contributed by atoms with van der Waals surface area (Å²) in [5, 5.41) is 6.26. The number of halogens is 4. The summed E-state index contributed by atoms with van der Waals surface area (Å²) < 4.78 is 41.5. The first-order chi connectivity index (χ1) is 17.3. The number of benzene rings is 2. The predicted molar refractivity (Wildman–Crippen MR) is 142 cm³/mol.